The van der Waals surface area contributed by atoms with Crippen molar-refractivity contribution in [2.24, 2.45) is 4.99 Å². The van der Waals surface area contributed by atoms with Gasteiger partial charge < -0.3 is 14.7 Å². The maximum absolute atomic E-state index is 11.0. The van der Waals surface area contributed by atoms with Crippen LogP contribution in [0.3, 0.4) is 0 Å². The average molecular weight is 316 g/mol. The summed E-state index contributed by atoms with van der Waals surface area (Å²) in [4.78, 5) is 7.03. The third-order valence-corrected chi connectivity index (χ3v) is 4.99. The number of piperidine rings is 1. The van der Waals surface area contributed by atoms with Gasteiger partial charge in [0.2, 0.25) is 5.90 Å². The predicted molar refractivity (Wildman–Crippen MR) is 92.8 cm³/mol. The molecule has 1 fully saturated rings. The Morgan fingerprint density at radius 3 is 2.22 bits per heavy atom. The van der Waals surface area contributed by atoms with Crippen molar-refractivity contribution < 1.29 is 9.84 Å². The van der Waals surface area contributed by atoms with Gasteiger partial charge in [0.15, 0.2) is 0 Å². The van der Waals surface area contributed by atoms with Crippen LogP contribution in [0.5, 0.6) is 0 Å². The number of benzene rings is 1. The Labute approximate surface area is 139 Å². The minimum absolute atomic E-state index is 0.143. The second-order valence-corrected chi connectivity index (χ2v) is 7.76. The van der Waals surface area contributed by atoms with Gasteiger partial charge in [0.1, 0.15) is 6.61 Å². The first-order valence-corrected chi connectivity index (χ1v) is 8.59. The highest BCUT2D eigenvalue weighted by Gasteiger charge is 2.35. The Morgan fingerprint density at radius 1 is 1.13 bits per heavy atom. The van der Waals surface area contributed by atoms with Crippen LogP contribution in [0.4, 0.5) is 0 Å². The zero-order chi connectivity index (χ0) is 16.7. The van der Waals surface area contributed by atoms with E-state index in [2.05, 4.69) is 37.6 Å². The lowest BCUT2D eigenvalue weighted by atomic mass is 9.84. The van der Waals surface area contributed by atoms with E-state index in [1.807, 2.05) is 24.3 Å². The Balaban J connectivity index is 1.73. The molecule has 0 aliphatic carbocycles. The lowest BCUT2D eigenvalue weighted by molar-refractivity contribution is -0.0323. The Kier molecular flexibility index (Phi) is 4.23. The van der Waals surface area contributed by atoms with Gasteiger partial charge in [0.25, 0.3) is 0 Å². The lowest BCUT2D eigenvalue weighted by Crippen LogP contribution is -2.45. The maximum atomic E-state index is 11.0. The molecular weight excluding hydrogens is 288 g/mol. The van der Waals surface area contributed by atoms with Gasteiger partial charge >= 0.3 is 0 Å². The third-order valence-electron chi connectivity index (χ3n) is 4.99. The fourth-order valence-electron chi connectivity index (χ4n) is 3.35. The Bertz CT molecular complexity index is 582. The van der Waals surface area contributed by atoms with E-state index in [-0.39, 0.29) is 5.54 Å². The number of aliphatic hydroxyl groups is 1. The molecule has 0 radical (unpaired) electrons. The first kappa shape index (κ1) is 16.5. The van der Waals surface area contributed by atoms with E-state index >= 15 is 0 Å². The van der Waals surface area contributed by atoms with Crippen molar-refractivity contribution in [2.75, 3.05) is 19.7 Å². The van der Waals surface area contributed by atoms with Gasteiger partial charge in [-0.1, -0.05) is 12.1 Å². The van der Waals surface area contributed by atoms with E-state index in [4.69, 9.17) is 4.74 Å². The molecule has 1 aromatic rings. The molecule has 0 bridgehead atoms. The van der Waals surface area contributed by atoms with Crippen molar-refractivity contribution in [3.05, 3.63) is 35.4 Å². The summed E-state index contributed by atoms with van der Waals surface area (Å²) < 4.78 is 5.69. The first-order chi connectivity index (χ1) is 10.8. The minimum atomic E-state index is -0.707. The second-order valence-electron chi connectivity index (χ2n) is 7.76. The number of aliphatic imine (C=N–C) groups is 1. The summed E-state index contributed by atoms with van der Waals surface area (Å²) in [5.74, 6) is 0.711. The highest BCUT2D eigenvalue weighted by Crippen LogP contribution is 2.33. The topological polar surface area (TPSA) is 45.1 Å². The Hall–Kier alpha value is -1.39. The summed E-state index contributed by atoms with van der Waals surface area (Å²) in [5, 5.41) is 11.0. The van der Waals surface area contributed by atoms with Gasteiger partial charge in [0.05, 0.1) is 11.1 Å². The molecule has 0 unspecified atom stereocenters. The first-order valence-electron chi connectivity index (χ1n) is 8.59. The molecule has 2 aliphatic rings. The fraction of sp³-hybridized carbons (Fsp3) is 0.632. The van der Waals surface area contributed by atoms with Crippen molar-refractivity contribution >= 4 is 5.90 Å². The Morgan fingerprint density at radius 2 is 1.74 bits per heavy atom. The van der Waals surface area contributed by atoms with E-state index in [0.717, 1.165) is 37.1 Å². The highest BCUT2D eigenvalue weighted by atomic mass is 16.5. The van der Waals surface area contributed by atoms with Crippen LogP contribution >= 0.6 is 0 Å². The highest BCUT2D eigenvalue weighted by molar-refractivity contribution is 5.95. The molecule has 0 spiro atoms. The summed E-state index contributed by atoms with van der Waals surface area (Å²) in [6.07, 6.45) is 1.57. The summed E-state index contributed by atoms with van der Waals surface area (Å²) in [7, 11) is 0. The van der Waals surface area contributed by atoms with E-state index in [1.54, 1.807) is 0 Å². The van der Waals surface area contributed by atoms with Gasteiger partial charge in [-0.05, 0) is 58.2 Å². The average Bonchev–Trinajstić information content (AvgIpc) is 2.88. The van der Waals surface area contributed by atoms with E-state index in [9.17, 15) is 5.11 Å². The van der Waals surface area contributed by atoms with Crippen molar-refractivity contribution in [1.82, 2.24) is 4.90 Å². The predicted octanol–water partition coefficient (Wildman–Crippen LogP) is 2.93. The van der Waals surface area contributed by atoms with Crippen LogP contribution in [0.2, 0.25) is 0 Å². The SMILES string of the molecule is CC(C)N1CCC(O)(c2ccc(C3=NC(C)(C)CO3)cc2)CC1. The monoisotopic (exact) mass is 316 g/mol. The molecule has 23 heavy (non-hydrogen) atoms. The molecule has 0 amide bonds. The number of rotatable bonds is 3. The molecule has 4 heteroatoms. The van der Waals surface area contributed by atoms with Crippen LogP contribution in [-0.4, -0.2) is 47.2 Å². The van der Waals surface area contributed by atoms with E-state index in [1.165, 1.54) is 0 Å². The molecule has 4 nitrogen and oxygen atoms in total. The number of likely N-dealkylation sites (tertiary alicyclic amines) is 1. The van der Waals surface area contributed by atoms with Crippen LogP contribution in [0.15, 0.2) is 29.3 Å². The molecule has 126 valence electrons. The normalized spacial score (nSPS) is 23.7. The van der Waals surface area contributed by atoms with Gasteiger partial charge in [-0.15, -0.1) is 0 Å². The minimum Gasteiger partial charge on any atom is -0.475 e. The fourth-order valence-corrected chi connectivity index (χ4v) is 3.35. The van der Waals surface area contributed by atoms with Crippen molar-refractivity contribution in [3.8, 4) is 0 Å². The molecule has 1 N–H and O–H groups in total. The molecule has 2 aliphatic heterocycles. The van der Waals surface area contributed by atoms with Gasteiger partial charge in [-0.2, -0.15) is 0 Å². The molecule has 0 atom stereocenters. The van der Waals surface area contributed by atoms with Crippen LogP contribution in [0.25, 0.3) is 0 Å². The summed E-state index contributed by atoms with van der Waals surface area (Å²) in [6, 6.07) is 8.63. The van der Waals surface area contributed by atoms with E-state index < -0.39 is 5.60 Å². The second kappa shape index (κ2) is 5.91. The number of nitrogens with zero attached hydrogens (tertiary/aromatic N) is 2. The van der Waals surface area contributed by atoms with Crippen LogP contribution < -0.4 is 0 Å². The largest absolute Gasteiger partial charge is 0.475 e. The van der Waals surface area contributed by atoms with Crippen LogP contribution in [-0.2, 0) is 10.3 Å². The number of hydrogen-bond acceptors (Lipinski definition) is 4. The molecule has 0 aromatic heterocycles. The molecule has 0 saturated carbocycles. The number of ether oxygens (including phenoxy) is 1. The maximum Gasteiger partial charge on any atom is 0.216 e. The van der Waals surface area contributed by atoms with Gasteiger partial charge in [-0.3, -0.25) is 0 Å². The summed E-state index contributed by atoms with van der Waals surface area (Å²) in [6.45, 7) is 11.1. The summed E-state index contributed by atoms with van der Waals surface area (Å²) >= 11 is 0. The zero-order valence-corrected chi connectivity index (χ0v) is 14.7. The van der Waals surface area contributed by atoms with Crippen molar-refractivity contribution in [1.29, 1.82) is 0 Å². The molecular formula is C19H28N2O2. The molecule has 1 aromatic carbocycles. The van der Waals surface area contributed by atoms with Gasteiger partial charge in [-0.25, -0.2) is 4.99 Å². The quantitative estimate of drug-likeness (QED) is 0.932. The van der Waals surface area contributed by atoms with E-state index in [0.29, 0.717) is 18.5 Å². The van der Waals surface area contributed by atoms with Crippen LogP contribution in [0.1, 0.15) is 51.7 Å². The zero-order valence-electron chi connectivity index (χ0n) is 14.7. The van der Waals surface area contributed by atoms with Crippen LogP contribution in [0, 0.1) is 0 Å². The molecule has 2 heterocycles. The standard InChI is InChI=1S/C19H28N2O2/c1-14(2)21-11-9-19(22,10-12-21)16-7-5-15(6-8-16)17-20-18(3,4)13-23-17/h5-8,14,22H,9-13H2,1-4H3. The van der Waals surface area contributed by atoms with Gasteiger partial charge in [0, 0.05) is 24.7 Å². The van der Waals surface area contributed by atoms with Crippen molar-refractivity contribution in [3.63, 3.8) is 0 Å². The third kappa shape index (κ3) is 3.43. The van der Waals surface area contributed by atoms with Crippen molar-refractivity contribution in [2.45, 2.75) is 57.7 Å². The molecule has 3 rings (SSSR count). The molecule has 1 saturated heterocycles. The lowest BCUT2D eigenvalue weighted by Gasteiger charge is -2.40. The number of hydrogen-bond donors (Lipinski definition) is 1. The smallest absolute Gasteiger partial charge is 0.216 e. The summed E-state index contributed by atoms with van der Waals surface area (Å²) in [5.41, 5.74) is 1.14.